The van der Waals surface area contributed by atoms with Crippen molar-refractivity contribution in [1.82, 2.24) is 0 Å². The molecule has 5 nitrogen and oxygen atoms in total. The van der Waals surface area contributed by atoms with Gasteiger partial charge in [0.05, 0.1) is 6.54 Å². The van der Waals surface area contributed by atoms with Gasteiger partial charge in [-0.05, 0) is 11.6 Å². The molecule has 0 bridgehead atoms. The molecular weight excluding hydrogens is 210 g/mol. The molecule has 0 amide bonds. The van der Waals surface area contributed by atoms with Crippen LogP contribution in [0.25, 0.3) is 6.08 Å². The highest BCUT2D eigenvalue weighted by Crippen LogP contribution is 1.99. The van der Waals surface area contributed by atoms with Gasteiger partial charge in [-0.25, -0.2) is 4.79 Å². The Morgan fingerprint density at radius 3 is 2.06 bits per heavy atom. The number of carbonyl (C=O) groups is 2. The summed E-state index contributed by atoms with van der Waals surface area (Å²) < 4.78 is 0. The predicted molar refractivity (Wildman–Crippen MR) is 59.8 cm³/mol. The Kier molecular flexibility index (Phi) is 7.10. The topological polar surface area (TPSA) is 101 Å². The van der Waals surface area contributed by atoms with Gasteiger partial charge in [0.1, 0.15) is 0 Å². The summed E-state index contributed by atoms with van der Waals surface area (Å²) in [6.07, 6.45) is 2.68. The molecule has 5 heteroatoms. The molecule has 86 valence electrons. The van der Waals surface area contributed by atoms with Gasteiger partial charge >= 0.3 is 11.9 Å². The number of nitrogens with two attached hydrogens (primary N) is 1. The minimum Gasteiger partial charge on any atom is -0.480 e. The molecule has 1 rings (SSSR count). The molecule has 0 saturated carbocycles. The summed E-state index contributed by atoms with van der Waals surface area (Å²) >= 11 is 0. The van der Waals surface area contributed by atoms with Crippen molar-refractivity contribution in [3.05, 3.63) is 42.0 Å². The Morgan fingerprint density at radius 2 is 1.69 bits per heavy atom. The number of benzene rings is 1. The highest BCUT2D eigenvalue weighted by Gasteiger charge is 1.86. The van der Waals surface area contributed by atoms with E-state index in [0.29, 0.717) is 0 Å². The van der Waals surface area contributed by atoms with E-state index in [2.05, 4.69) is 5.73 Å². The van der Waals surface area contributed by atoms with Crippen LogP contribution in [-0.2, 0) is 9.59 Å². The van der Waals surface area contributed by atoms with Crippen molar-refractivity contribution in [3.8, 4) is 0 Å². The number of carboxylic acid groups (broad SMARTS) is 2. The molecule has 4 N–H and O–H groups in total. The minimum atomic E-state index is -0.968. The van der Waals surface area contributed by atoms with Gasteiger partial charge in [-0.15, -0.1) is 0 Å². The predicted octanol–water partition coefficient (Wildman–Crippen LogP) is 0.814. The third kappa shape index (κ3) is 8.46. The van der Waals surface area contributed by atoms with Gasteiger partial charge in [0, 0.05) is 6.08 Å². The van der Waals surface area contributed by atoms with Gasteiger partial charge in [-0.1, -0.05) is 30.3 Å². The molecule has 1 aromatic carbocycles. The molecule has 0 heterocycles. The van der Waals surface area contributed by atoms with Crippen LogP contribution in [0.5, 0.6) is 0 Å². The first kappa shape index (κ1) is 13.9. The fourth-order valence-corrected chi connectivity index (χ4v) is 0.732. The monoisotopic (exact) mass is 223 g/mol. The fraction of sp³-hybridized carbons (Fsp3) is 0.0909. The lowest BCUT2D eigenvalue weighted by Crippen LogP contribution is -2.10. The van der Waals surface area contributed by atoms with Crippen LogP contribution in [0.2, 0.25) is 0 Å². The van der Waals surface area contributed by atoms with Crippen LogP contribution in [0.15, 0.2) is 36.4 Å². The van der Waals surface area contributed by atoms with Crippen molar-refractivity contribution in [2.24, 2.45) is 5.73 Å². The molecule has 0 saturated heterocycles. The molecule has 0 unspecified atom stereocenters. The molecule has 0 aromatic heterocycles. The maximum Gasteiger partial charge on any atom is 0.328 e. The average molecular weight is 223 g/mol. The Morgan fingerprint density at radius 1 is 1.19 bits per heavy atom. The zero-order chi connectivity index (χ0) is 12.4. The van der Waals surface area contributed by atoms with Crippen LogP contribution in [0, 0.1) is 0 Å². The Bertz CT molecular complexity index is 360. The summed E-state index contributed by atoms with van der Waals surface area (Å²) in [6.45, 7) is -0.278. The van der Waals surface area contributed by atoms with Crippen molar-refractivity contribution < 1.29 is 19.8 Å². The fourth-order valence-electron chi connectivity index (χ4n) is 0.732. The van der Waals surface area contributed by atoms with Crippen LogP contribution in [-0.4, -0.2) is 28.7 Å². The first-order valence-electron chi connectivity index (χ1n) is 4.44. The van der Waals surface area contributed by atoms with Gasteiger partial charge < -0.3 is 15.9 Å². The van der Waals surface area contributed by atoms with E-state index in [4.69, 9.17) is 10.2 Å². The van der Waals surface area contributed by atoms with E-state index < -0.39 is 11.9 Å². The zero-order valence-electron chi connectivity index (χ0n) is 8.54. The second kappa shape index (κ2) is 8.19. The van der Waals surface area contributed by atoms with E-state index in [1.807, 2.05) is 30.3 Å². The van der Waals surface area contributed by atoms with E-state index in [-0.39, 0.29) is 6.54 Å². The standard InChI is InChI=1S/C9H8O2.C2H5NO2/c10-9(11)7-6-8-4-2-1-3-5-8;3-1-2(4)5/h1-7H,(H,10,11);1,3H2,(H,4,5). The Balaban J connectivity index is 0.000000385. The van der Waals surface area contributed by atoms with Crippen molar-refractivity contribution in [3.63, 3.8) is 0 Å². The van der Waals surface area contributed by atoms with Crippen molar-refractivity contribution in [1.29, 1.82) is 0 Å². The van der Waals surface area contributed by atoms with Crippen LogP contribution in [0.4, 0.5) is 0 Å². The highest BCUT2D eigenvalue weighted by atomic mass is 16.4. The van der Waals surface area contributed by atoms with Crippen molar-refractivity contribution >= 4 is 18.0 Å². The van der Waals surface area contributed by atoms with E-state index in [0.717, 1.165) is 11.6 Å². The lowest BCUT2D eigenvalue weighted by molar-refractivity contribution is -0.135. The number of hydrogen-bond acceptors (Lipinski definition) is 3. The number of aliphatic carboxylic acids is 2. The minimum absolute atomic E-state index is 0.278. The first-order chi connectivity index (χ1) is 7.56. The molecule has 0 aliphatic carbocycles. The summed E-state index contributed by atoms with van der Waals surface area (Å²) in [5, 5.41) is 15.9. The molecule has 0 atom stereocenters. The molecule has 0 aliphatic rings. The molecule has 0 radical (unpaired) electrons. The third-order valence-electron chi connectivity index (χ3n) is 1.39. The summed E-state index contributed by atoms with van der Waals surface area (Å²) in [7, 11) is 0. The largest absolute Gasteiger partial charge is 0.480 e. The molecule has 0 spiro atoms. The third-order valence-corrected chi connectivity index (χ3v) is 1.39. The lowest BCUT2D eigenvalue weighted by atomic mass is 10.2. The summed E-state index contributed by atoms with van der Waals surface area (Å²) in [6, 6.07) is 9.31. The summed E-state index contributed by atoms with van der Waals surface area (Å²) in [4.78, 5) is 19.3. The number of rotatable bonds is 3. The lowest BCUT2D eigenvalue weighted by Gasteiger charge is -1.87. The SMILES string of the molecule is NCC(=O)O.O=C(O)C=Cc1ccccc1. The maximum absolute atomic E-state index is 10.1. The quantitative estimate of drug-likeness (QED) is 0.658. The highest BCUT2D eigenvalue weighted by molar-refractivity contribution is 5.85. The van der Waals surface area contributed by atoms with Gasteiger partial charge in [-0.2, -0.15) is 0 Å². The normalized spacial score (nSPS) is 9.31. The van der Waals surface area contributed by atoms with Crippen LogP contribution < -0.4 is 5.73 Å². The van der Waals surface area contributed by atoms with E-state index in [1.165, 1.54) is 0 Å². The van der Waals surface area contributed by atoms with Gasteiger partial charge in [0.15, 0.2) is 0 Å². The molecule has 0 fully saturated rings. The second-order valence-corrected chi connectivity index (χ2v) is 2.68. The Hall–Kier alpha value is -2.14. The number of hydrogen-bond donors (Lipinski definition) is 3. The smallest absolute Gasteiger partial charge is 0.328 e. The van der Waals surface area contributed by atoms with E-state index in [9.17, 15) is 9.59 Å². The Labute approximate surface area is 92.8 Å². The van der Waals surface area contributed by atoms with E-state index >= 15 is 0 Å². The van der Waals surface area contributed by atoms with Crippen molar-refractivity contribution in [2.45, 2.75) is 0 Å². The van der Waals surface area contributed by atoms with Crippen LogP contribution in [0.3, 0.4) is 0 Å². The molecule has 16 heavy (non-hydrogen) atoms. The molecule has 0 aliphatic heterocycles. The summed E-state index contributed by atoms with van der Waals surface area (Å²) in [5.41, 5.74) is 5.47. The second-order valence-electron chi connectivity index (χ2n) is 2.68. The van der Waals surface area contributed by atoms with Gasteiger partial charge in [0.25, 0.3) is 0 Å². The van der Waals surface area contributed by atoms with Gasteiger partial charge in [0.2, 0.25) is 0 Å². The van der Waals surface area contributed by atoms with Crippen LogP contribution in [0.1, 0.15) is 5.56 Å². The average Bonchev–Trinajstić information content (AvgIpc) is 2.28. The van der Waals surface area contributed by atoms with Crippen LogP contribution >= 0.6 is 0 Å². The summed E-state index contributed by atoms with van der Waals surface area (Å²) in [5.74, 6) is -1.89. The zero-order valence-corrected chi connectivity index (χ0v) is 8.54. The first-order valence-corrected chi connectivity index (χ1v) is 4.44. The molecular formula is C11H13NO4. The maximum atomic E-state index is 10.1. The van der Waals surface area contributed by atoms with Gasteiger partial charge in [-0.3, -0.25) is 4.79 Å². The van der Waals surface area contributed by atoms with E-state index in [1.54, 1.807) is 6.08 Å². The number of carboxylic acids is 2. The molecule has 1 aromatic rings. The van der Waals surface area contributed by atoms with Crippen molar-refractivity contribution in [2.75, 3.05) is 6.54 Å².